The van der Waals surface area contributed by atoms with Gasteiger partial charge in [0.25, 0.3) is 0 Å². The van der Waals surface area contributed by atoms with Gasteiger partial charge in [-0.1, -0.05) is 5.11 Å². The van der Waals surface area contributed by atoms with Crippen molar-refractivity contribution in [1.29, 1.82) is 0 Å². The number of anilines is 1. The lowest BCUT2D eigenvalue weighted by Crippen LogP contribution is -2.12. The lowest BCUT2D eigenvalue weighted by Gasteiger charge is -2.16. The first-order valence-corrected chi connectivity index (χ1v) is 4.22. The Balaban J connectivity index is 3.21. The average molecular weight is 212 g/mol. The van der Waals surface area contributed by atoms with Crippen LogP contribution in [-0.4, -0.2) is 14.1 Å². The van der Waals surface area contributed by atoms with E-state index >= 15 is 0 Å². The van der Waals surface area contributed by atoms with E-state index in [2.05, 4.69) is 10.0 Å². The summed E-state index contributed by atoms with van der Waals surface area (Å²) >= 11 is 0. The van der Waals surface area contributed by atoms with Gasteiger partial charge >= 0.3 is 0 Å². The minimum absolute atomic E-state index is 0.00120. The Labute approximate surface area is 85.8 Å². The Morgan fingerprint density at radius 3 is 2.47 bits per heavy atom. The van der Waals surface area contributed by atoms with Crippen LogP contribution >= 0.6 is 0 Å². The fourth-order valence-corrected chi connectivity index (χ4v) is 1.23. The van der Waals surface area contributed by atoms with Gasteiger partial charge in [0.15, 0.2) is 11.6 Å². The van der Waals surface area contributed by atoms with Gasteiger partial charge in [-0.25, -0.2) is 8.78 Å². The van der Waals surface area contributed by atoms with Crippen LogP contribution in [0.3, 0.4) is 0 Å². The number of hydrogen-bond donors (Lipinski definition) is 0. The SMILES string of the molecule is CN(C)c1cc(F)c(F)cc1CN=[N+]=[N-]. The summed E-state index contributed by atoms with van der Waals surface area (Å²) in [6.45, 7) is 0.00120. The van der Waals surface area contributed by atoms with Gasteiger partial charge in [0.2, 0.25) is 0 Å². The third-order valence-electron chi connectivity index (χ3n) is 1.91. The second-order valence-electron chi connectivity index (χ2n) is 3.18. The quantitative estimate of drug-likeness (QED) is 0.431. The molecule has 0 heterocycles. The smallest absolute Gasteiger partial charge is 0.160 e. The maximum Gasteiger partial charge on any atom is 0.160 e. The molecule has 0 saturated carbocycles. The first kappa shape index (κ1) is 11.3. The van der Waals surface area contributed by atoms with Crippen molar-refractivity contribution >= 4 is 5.69 Å². The summed E-state index contributed by atoms with van der Waals surface area (Å²) in [5.74, 6) is -1.85. The van der Waals surface area contributed by atoms with E-state index in [-0.39, 0.29) is 6.54 Å². The largest absolute Gasteiger partial charge is 0.377 e. The Hall–Kier alpha value is -1.81. The van der Waals surface area contributed by atoms with Gasteiger partial charge < -0.3 is 4.90 Å². The molecule has 0 saturated heterocycles. The fourth-order valence-electron chi connectivity index (χ4n) is 1.23. The zero-order chi connectivity index (χ0) is 11.4. The molecule has 15 heavy (non-hydrogen) atoms. The Morgan fingerprint density at radius 2 is 1.93 bits per heavy atom. The number of rotatable bonds is 3. The number of nitrogens with zero attached hydrogens (tertiary/aromatic N) is 4. The van der Waals surface area contributed by atoms with Crippen molar-refractivity contribution in [2.75, 3.05) is 19.0 Å². The zero-order valence-corrected chi connectivity index (χ0v) is 8.41. The Bertz CT molecular complexity index is 411. The summed E-state index contributed by atoms with van der Waals surface area (Å²) in [6, 6.07) is 2.12. The van der Waals surface area contributed by atoms with E-state index in [1.165, 1.54) is 0 Å². The van der Waals surface area contributed by atoms with Gasteiger partial charge in [-0.3, -0.25) is 0 Å². The van der Waals surface area contributed by atoms with Crippen molar-refractivity contribution in [2.24, 2.45) is 5.11 Å². The lowest BCUT2D eigenvalue weighted by molar-refractivity contribution is 0.507. The standard InChI is InChI=1S/C9H10F2N4/c1-15(2)9-4-8(11)7(10)3-6(9)5-13-14-12/h3-4H,5H2,1-2H3. The van der Waals surface area contributed by atoms with Crippen LogP contribution in [0.25, 0.3) is 10.4 Å². The molecule has 4 nitrogen and oxygen atoms in total. The van der Waals surface area contributed by atoms with E-state index in [9.17, 15) is 8.78 Å². The third kappa shape index (κ3) is 2.57. The maximum absolute atomic E-state index is 12.9. The van der Waals surface area contributed by atoms with Gasteiger partial charge in [0.05, 0.1) is 6.54 Å². The topological polar surface area (TPSA) is 52.0 Å². The summed E-state index contributed by atoms with van der Waals surface area (Å²) in [6.07, 6.45) is 0. The highest BCUT2D eigenvalue weighted by atomic mass is 19.2. The summed E-state index contributed by atoms with van der Waals surface area (Å²) in [5, 5.41) is 3.32. The van der Waals surface area contributed by atoms with E-state index in [1.807, 2.05) is 0 Å². The van der Waals surface area contributed by atoms with Crippen LogP contribution in [0.4, 0.5) is 14.5 Å². The predicted molar refractivity (Wildman–Crippen MR) is 53.5 cm³/mol. The first-order chi connectivity index (χ1) is 7.06. The Kier molecular flexibility index (Phi) is 3.46. The molecule has 1 aromatic rings. The summed E-state index contributed by atoms with van der Waals surface area (Å²) < 4.78 is 25.9. The lowest BCUT2D eigenvalue weighted by atomic mass is 10.1. The molecule has 0 radical (unpaired) electrons. The second kappa shape index (κ2) is 4.61. The van der Waals surface area contributed by atoms with Crippen LogP contribution < -0.4 is 4.90 Å². The predicted octanol–water partition coefficient (Wildman–Crippen LogP) is 2.84. The molecule has 0 aliphatic heterocycles. The van der Waals surface area contributed by atoms with E-state index in [0.29, 0.717) is 11.3 Å². The van der Waals surface area contributed by atoms with Crippen LogP contribution in [-0.2, 0) is 6.54 Å². The minimum atomic E-state index is -0.941. The monoisotopic (exact) mass is 212 g/mol. The van der Waals surface area contributed by atoms with Crippen LogP contribution in [0.2, 0.25) is 0 Å². The fraction of sp³-hybridized carbons (Fsp3) is 0.333. The van der Waals surface area contributed by atoms with Crippen molar-refractivity contribution in [1.82, 2.24) is 0 Å². The maximum atomic E-state index is 12.9. The van der Waals surface area contributed by atoms with Gasteiger partial charge in [-0.2, -0.15) is 0 Å². The van der Waals surface area contributed by atoms with Crippen LogP contribution in [0.15, 0.2) is 17.2 Å². The van der Waals surface area contributed by atoms with Gasteiger partial charge in [0.1, 0.15) is 0 Å². The van der Waals surface area contributed by atoms with Crippen LogP contribution in [0.1, 0.15) is 5.56 Å². The highest BCUT2D eigenvalue weighted by Gasteiger charge is 2.10. The minimum Gasteiger partial charge on any atom is -0.377 e. The molecule has 0 spiro atoms. The molecule has 80 valence electrons. The molecular weight excluding hydrogens is 202 g/mol. The van der Waals surface area contributed by atoms with Gasteiger partial charge in [-0.15, -0.1) is 0 Å². The molecule has 0 amide bonds. The molecule has 0 aliphatic carbocycles. The Morgan fingerprint density at radius 1 is 1.33 bits per heavy atom. The van der Waals surface area contributed by atoms with Crippen molar-refractivity contribution < 1.29 is 8.78 Å². The number of halogens is 2. The van der Waals surface area contributed by atoms with E-state index in [1.54, 1.807) is 19.0 Å². The van der Waals surface area contributed by atoms with Crippen molar-refractivity contribution in [3.63, 3.8) is 0 Å². The van der Waals surface area contributed by atoms with E-state index in [0.717, 1.165) is 12.1 Å². The molecule has 0 atom stereocenters. The average Bonchev–Trinajstić information content (AvgIpc) is 2.19. The zero-order valence-electron chi connectivity index (χ0n) is 8.41. The second-order valence-corrected chi connectivity index (χ2v) is 3.18. The van der Waals surface area contributed by atoms with Crippen LogP contribution in [0, 0.1) is 11.6 Å². The van der Waals surface area contributed by atoms with Crippen molar-refractivity contribution in [3.8, 4) is 0 Å². The molecular formula is C9H10F2N4. The summed E-state index contributed by atoms with van der Waals surface area (Å²) in [7, 11) is 3.40. The van der Waals surface area contributed by atoms with Crippen molar-refractivity contribution in [3.05, 3.63) is 39.8 Å². The van der Waals surface area contributed by atoms with Crippen molar-refractivity contribution in [2.45, 2.75) is 6.54 Å². The van der Waals surface area contributed by atoms with E-state index in [4.69, 9.17) is 5.53 Å². The normalized spacial score (nSPS) is 9.60. The summed E-state index contributed by atoms with van der Waals surface area (Å²) in [5.41, 5.74) is 9.11. The number of azide groups is 1. The van der Waals surface area contributed by atoms with Gasteiger partial charge in [0, 0.05) is 30.8 Å². The molecule has 6 heteroatoms. The third-order valence-corrected chi connectivity index (χ3v) is 1.91. The van der Waals surface area contributed by atoms with Gasteiger partial charge in [-0.05, 0) is 17.2 Å². The summed E-state index contributed by atoms with van der Waals surface area (Å²) in [4.78, 5) is 4.20. The molecule has 0 aromatic heterocycles. The first-order valence-electron chi connectivity index (χ1n) is 4.22. The molecule has 1 aromatic carbocycles. The molecule has 0 unspecified atom stereocenters. The molecule has 0 N–H and O–H groups in total. The number of hydrogen-bond acceptors (Lipinski definition) is 2. The molecule has 0 bridgehead atoms. The molecule has 0 fully saturated rings. The molecule has 0 aliphatic rings. The highest BCUT2D eigenvalue weighted by molar-refractivity contribution is 5.53. The highest BCUT2D eigenvalue weighted by Crippen LogP contribution is 2.23. The van der Waals surface area contributed by atoms with E-state index < -0.39 is 11.6 Å². The molecule has 1 rings (SSSR count). The van der Waals surface area contributed by atoms with Crippen LogP contribution in [0.5, 0.6) is 0 Å². The number of benzene rings is 1.